The lowest BCUT2D eigenvalue weighted by Crippen LogP contribution is -2.62. The smallest absolute Gasteiger partial charge is 0.159 e. The summed E-state index contributed by atoms with van der Waals surface area (Å²) in [6.45, 7) is 7.59. The van der Waals surface area contributed by atoms with Crippen LogP contribution < -0.4 is 0 Å². The summed E-state index contributed by atoms with van der Waals surface area (Å²) in [5.74, 6) is -0.859. The third-order valence-corrected chi connectivity index (χ3v) is 10.7. The molecule has 3 saturated carbocycles. The maximum Gasteiger partial charge on any atom is 0.159 e. The van der Waals surface area contributed by atoms with Gasteiger partial charge in [0.15, 0.2) is 5.78 Å². The molecule has 194 valence electrons. The van der Waals surface area contributed by atoms with Crippen LogP contribution in [0, 0.1) is 34.5 Å². The van der Waals surface area contributed by atoms with Crippen LogP contribution in [0.2, 0.25) is 0 Å². The average molecular weight is 481 g/mol. The molecule has 0 spiro atoms. The first-order valence-electron chi connectivity index (χ1n) is 13.1. The summed E-state index contributed by atoms with van der Waals surface area (Å²) in [5, 5.41) is 64.7. The van der Waals surface area contributed by atoms with Gasteiger partial charge >= 0.3 is 0 Å². The lowest BCUT2D eigenvalue weighted by Gasteiger charge is -2.60. The first-order valence-corrected chi connectivity index (χ1v) is 13.1. The number of carbonyl (C=O) groups is 1. The van der Waals surface area contributed by atoms with Gasteiger partial charge in [-0.1, -0.05) is 20.8 Å². The van der Waals surface area contributed by atoms with Crippen molar-refractivity contribution in [3.05, 3.63) is 11.6 Å². The van der Waals surface area contributed by atoms with Crippen LogP contribution in [0.25, 0.3) is 0 Å². The van der Waals surface area contributed by atoms with E-state index < -0.39 is 40.3 Å². The Morgan fingerprint density at radius 3 is 2.44 bits per heavy atom. The van der Waals surface area contributed by atoms with Crippen molar-refractivity contribution in [3.63, 3.8) is 0 Å². The summed E-state index contributed by atoms with van der Waals surface area (Å²) in [4.78, 5) is 13.3. The Bertz CT molecular complexity index is 839. The van der Waals surface area contributed by atoms with Crippen molar-refractivity contribution in [2.24, 2.45) is 34.5 Å². The molecule has 0 heterocycles. The topological polar surface area (TPSA) is 138 Å². The molecule has 0 radical (unpaired) electrons. The molecule has 0 aromatic heterocycles. The van der Waals surface area contributed by atoms with Crippen LogP contribution in [0.4, 0.5) is 0 Å². The summed E-state index contributed by atoms with van der Waals surface area (Å²) < 4.78 is 0. The molecule has 4 aliphatic rings. The normalized spacial score (nSPS) is 47.6. The van der Waals surface area contributed by atoms with Gasteiger partial charge in [0.05, 0.1) is 29.5 Å². The van der Waals surface area contributed by atoms with Crippen molar-refractivity contribution in [1.29, 1.82) is 0 Å². The SMILES string of the molecule is CC(CO)CC[C@H](O)[C@@](C)(O)[C@@H]1CC[C@]2(O)C3=CC(=O)[C@H]4C[C@H](O)[C@H](O)C[C@@]4(C)C3CC[C@@]12C. The largest absolute Gasteiger partial charge is 0.396 e. The van der Waals surface area contributed by atoms with E-state index in [0.717, 1.165) is 12.0 Å². The maximum atomic E-state index is 13.3. The molecule has 4 aliphatic carbocycles. The van der Waals surface area contributed by atoms with E-state index in [1.165, 1.54) is 0 Å². The second kappa shape index (κ2) is 8.63. The van der Waals surface area contributed by atoms with Gasteiger partial charge in [0, 0.05) is 17.9 Å². The van der Waals surface area contributed by atoms with Gasteiger partial charge in [-0.3, -0.25) is 4.79 Å². The highest BCUT2D eigenvalue weighted by atomic mass is 16.3. The van der Waals surface area contributed by atoms with Gasteiger partial charge in [-0.15, -0.1) is 0 Å². The molecule has 2 unspecified atom stereocenters. The molecule has 0 aromatic carbocycles. The Kier molecular flexibility index (Phi) is 6.66. The fourth-order valence-electron chi connectivity index (χ4n) is 8.37. The Balaban J connectivity index is 1.65. The first kappa shape index (κ1) is 26.2. The summed E-state index contributed by atoms with van der Waals surface area (Å²) in [6, 6.07) is 0. The summed E-state index contributed by atoms with van der Waals surface area (Å²) in [6.07, 6.45) is 2.65. The lowest BCUT2D eigenvalue weighted by molar-refractivity contribution is -0.176. The summed E-state index contributed by atoms with van der Waals surface area (Å²) in [7, 11) is 0. The van der Waals surface area contributed by atoms with Crippen LogP contribution in [0.5, 0.6) is 0 Å². The van der Waals surface area contributed by atoms with Gasteiger partial charge in [-0.25, -0.2) is 0 Å². The van der Waals surface area contributed by atoms with Crippen molar-refractivity contribution in [2.75, 3.05) is 6.61 Å². The summed E-state index contributed by atoms with van der Waals surface area (Å²) in [5.41, 5.74) is -3.21. The van der Waals surface area contributed by atoms with Crippen LogP contribution in [0.1, 0.15) is 79.1 Å². The van der Waals surface area contributed by atoms with Gasteiger partial charge in [0.25, 0.3) is 0 Å². The zero-order valence-corrected chi connectivity index (χ0v) is 21.1. The molecule has 4 rings (SSSR count). The number of carbonyl (C=O) groups excluding carboxylic acids is 1. The number of aliphatic hydroxyl groups excluding tert-OH is 4. The molecule has 0 aliphatic heterocycles. The molecule has 0 bridgehead atoms. The third kappa shape index (κ3) is 3.65. The number of allylic oxidation sites excluding steroid dienone is 1. The quantitative estimate of drug-likeness (QED) is 0.340. The van der Waals surface area contributed by atoms with E-state index >= 15 is 0 Å². The number of ketones is 1. The predicted molar refractivity (Wildman–Crippen MR) is 127 cm³/mol. The number of fused-ring (bicyclic) bond motifs is 5. The van der Waals surface area contributed by atoms with Gasteiger partial charge in [0.1, 0.15) is 0 Å². The molecular formula is C27H44O7. The van der Waals surface area contributed by atoms with E-state index in [1.807, 2.05) is 20.8 Å². The van der Waals surface area contributed by atoms with E-state index in [4.69, 9.17) is 0 Å². The molecule has 3 fully saturated rings. The Morgan fingerprint density at radius 1 is 1.12 bits per heavy atom. The second-order valence-electron chi connectivity index (χ2n) is 12.7. The number of hydrogen-bond acceptors (Lipinski definition) is 7. The molecule has 0 saturated heterocycles. The highest BCUT2D eigenvalue weighted by molar-refractivity contribution is 5.95. The van der Waals surface area contributed by atoms with Gasteiger partial charge in [-0.2, -0.15) is 0 Å². The molecule has 0 aromatic rings. The fraction of sp³-hybridized carbons (Fsp3) is 0.889. The minimum atomic E-state index is -1.42. The molecule has 7 nitrogen and oxygen atoms in total. The standard InChI is InChI=1S/C27H44O7/c1-15(14-28)5-6-23(32)26(4,33)22-8-10-27(34)17-11-19(29)18-12-20(30)21(31)13-24(18,2)16(17)7-9-25(22,27)3/h11,15-16,18,20-23,28,30-34H,5-10,12-14H2,1-4H3/t15?,16?,18-,20+,21-,22-,23+,24+,25+,26+,27+/m1/s1. The molecule has 34 heavy (non-hydrogen) atoms. The van der Waals surface area contributed by atoms with Crippen LogP contribution in [-0.4, -0.2) is 72.5 Å². The number of rotatable bonds is 6. The second-order valence-corrected chi connectivity index (χ2v) is 12.7. The van der Waals surface area contributed by atoms with Crippen molar-refractivity contribution in [3.8, 4) is 0 Å². The highest BCUT2D eigenvalue weighted by Crippen LogP contribution is 2.68. The Hall–Kier alpha value is -0.830. The number of hydrogen-bond donors (Lipinski definition) is 6. The van der Waals surface area contributed by atoms with Crippen molar-refractivity contribution in [2.45, 2.75) is 109 Å². The lowest BCUT2D eigenvalue weighted by atomic mass is 9.45. The van der Waals surface area contributed by atoms with Crippen molar-refractivity contribution < 1.29 is 35.4 Å². The molecule has 0 amide bonds. The van der Waals surface area contributed by atoms with Crippen LogP contribution in [0.15, 0.2) is 11.6 Å². The van der Waals surface area contributed by atoms with Crippen molar-refractivity contribution in [1.82, 2.24) is 0 Å². The van der Waals surface area contributed by atoms with Crippen molar-refractivity contribution >= 4 is 5.78 Å². The molecule has 7 heteroatoms. The fourth-order valence-corrected chi connectivity index (χ4v) is 8.37. The monoisotopic (exact) mass is 480 g/mol. The maximum absolute atomic E-state index is 13.3. The summed E-state index contributed by atoms with van der Waals surface area (Å²) >= 11 is 0. The van der Waals surface area contributed by atoms with Gasteiger partial charge < -0.3 is 30.6 Å². The van der Waals surface area contributed by atoms with E-state index in [9.17, 15) is 35.4 Å². The minimum absolute atomic E-state index is 0.0326. The predicted octanol–water partition coefficient (Wildman–Crippen LogP) is 1.71. The van der Waals surface area contributed by atoms with E-state index in [1.54, 1.807) is 13.0 Å². The zero-order chi connectivity index (χ0) is 25.3. The van der Waals surface area contributed by atoms with Gasteiger partial charge in [0.2, 0.25) is 0 Å². The highest BCUT2D eigenvalue weighted by Gasteiger charge is 2.69. The van der Waals surface area contributed by atoms with E-state index in [-0.39, 0.29) is 42.5 Å². The Morgan fingerprint density at radius 2 is 1.79 bits per heavy atom. The van der Waals surface area contributed by atoms with E-state index in [0.29, 0.717) is 38.5 Å². The van der Waals surface area contributed by atoms with Crippen LogP contribution in [-0.2, 0) is 4.79 Å². The van der Waals surface area contributed by atoms with Crippen LogP contribution >= 0.6 is 0 Å². The molecular weight excluding hydrogens is 436 g/mol. The molecule has 6 N–H and O–H groups in total. The molecule has 11 atom stereocenters. The third-order valence-electron chi connectivity index (χ3n) is 10.7. The number of aliphatic hydroxyl groups is 6. The minimum Gasteiger partial charge on any atom is -0.396 e. The van der Waals surface area contributed by atoms with Gasteiger partial charge in [-0.05, 0) is 93.1 Å². The zero-order valence-electron chi connectivity index (χ0n) is 21.1. The van der Waals surface area contributed by atoms with E-state index in [2.05, 4.69) is 0 Å². The Labute approximate surface area is 202 Å². The van der Waals surface area contributed by atoms with Crippen LogP contribution in [0.3, 0.4) is 0 Å². The first-order chi connectivity index (χ1) is 15.7. The average Bonchev–Trinajstić information content (AvgIpc) is 3.06.